The largest absolute Gasteiger partial charge is 0.373 e. The number of nitrogens with zero attached hydrogens (tertiary/aromatic N) is 2. The molecule has 0 aliphatic carbocycles. The minimum absolute atomic E-state index is 0.857. The molecule has 1 aliphatic heterocycles. The lowest BCUT2D eigenvalue weighted by Gasteiger charge is -2.12. The van der Waals surface area contributed by atoms with Crippen molar-refractivity contribution < 1.29 is 0 Å². The molecule has 0 unspecified atom stereocenters. The van der Waals surface area contributed by atoms with E-state index in [-0.39, 0.29) is 0 Å². The first-order valence-corrected chi connectivity index (χ1v) is 4.29. The molecular formula is C9H13N3. The van der Waals surface area contributed by atoms with Crippen molar-refractivity contribution in [1.82, 2.24) is 14.9 Å². The highest BCUT2D eigenvalue weighted by molar-refractivity contribution is 5.44. The van der Waals surface area contributed by atoms with E-state index in [9.17, 15) is 0 Å². The van der Waals surface area contributed by atoms with Gasteiger partial charge >= 0.3 is 0 Å². The Morgan fingerprint density at radius 2 is 2.50 bits per heavy atom. The molecule has 2 heterocycles. The van der Waals surface area contributed by atoms with Gasteiger partial charge in [0.2, 0.25) is 0 Å². The molecule has 0 atom stereocenters. The van der Waals surface area contributed by atoms with Crippen molar-refractivity contribution in [3.63, 3.8) is 0 Å². The first-order chi connectivity index (χ1) is 5.83. The van der Waals surface area contributed by atoms with E-state index in [1.165, 1.54) is 5.69 Å². The van der Waals surface area contributed by atoms with Crippen LogP contribution in [0.4, 0.5) is 0 Å². The van der Waals surface area contributed by atoms with Crippen molar-refractivity contribution in [1.29, 1.82) is 0 Å². The quantitative estimate of drug-likeness (QED) is 0.676. The van der Waals surface area contributed by atoms with E-state index >= 15 is 0 Å². The van der Waals surface area contributed by atoms with Crippen LogP contribution >= 0.6 is 0 Å². The zero-order valence-corrected chi connectivity index (χ0v) is 7.46. The van der Waals surface area contributed by atoms with Crippen molar-refractivity contribution in [2.75, 3.05) is 0 Å². The maximum Gasteiger partial charge on any atom is 0.136 e. The van der Waals surface area contributed by atoms with Crippen molar-refractivity contribution in [2.24, 2.45) is 0 Å². The van der Waals surface area contributed by atoms with Gasteiger partial charge in [0.15, 0.2) is 0 Å². The van der Waals surface area contributed by atoms with Crippen LogP contribution in [-0.2, 0) is 13.1 Å². The molecule has 0 aromatic carbocycles. The van der Waals surface area contributed by atoms with Gasteiger partial charge in [-0.15, -0.1) is 0 Å². The van der Waals surface area contributed by atoms with E-state index in [1.807, 2.05) is 12.3 Å². The smallest absolute Gasteiger partial charge is 0.136 e. The average molecular weight is 163 g/mol. The molecule has 0 saturated heterocycles. The van der Waals surface area contributed by atoms with Crippen LogP contribution in [0, 0.1) is 6.92 Å². The Labute approximate surface area is 72.1 Å². The van der Waals surface area contributed by atoms with Crippen LogP contribution < -0.4 is 5.32 Å². The Balaban J connectivity index is 2.55. The Morgan fingerprint density at radius 3 is 3.25 bits per heavy atom. The third-order valence-electron chi connectivity index (χ3n) is 2.24. The van der Waals surface area contributed by atoms with Crippen molar-refractivity contribution in [3.05, 3.63) is 23.4 Å². The number of nitrogens with one attached hydrogen (secondary N) is 1. The van der Waals surface area contributed by atoms with Gasteiger partial charge in [0.05, 0.1) is 12.4 Å². The number of aromatic nitrogens is 2. The highest BCUT2D eigenvalue weighted by Gasteiger charge is 2.11. The van der Waals surface area contributed by atoms with Crippen molar-refractivity contribution in [3.8, 4) is 0 Å². The fraction of sp³-hybridized carbons (Fsp3) is 0.444. The molecule has 1 aromatic heterocycles. The average Bonchev–Trinajstić information content (AvgIpc) is 2.40. The van der Waals surface area contributed by atoms with Crippen LogP contribution in [0.3, 0.4) is 0 Å². The van der Waals surface area contributed by atoms with Gasteiger partial charge in [-0.2, -0.15) is 0 Å². The summed E-state index contributed by atoms with van der Waals surface area (Å²) in [5, 5.41) is 3.17. The zero-order chi connectivity index (χ0) is 8.55. The molecular weight excluding hydrogens is 150 g/mol. The standard InChI is InChI=1S/C9H13N3/c1-3-8-7(2)11-9-4-5-10-6-12(8)9/h4-5,10H,3,6H2,1-2H3. The van der Waals surface area contributed by atoms with Gasteiger partial charge in [-0.25, -0.2) is 4.98 Å². The van der Waals surface area contributed by atoms with E-state index in [4.69, 9.17) is 0 Å². The SMILES string of the molecule is CCc1c(C)nc2n1CNC=C2. The normalized spacial score (nSPS) is 14.2. The lowest BCUT2D eigenvalue weighted by molar-refractivity contribution is 0.601. The molecule has 3 nitrogen and oxygen atoms in total. The summed E-state index contributed by atoms with van der Waals surface area (Å²) < 4.78 is 2.22. The minimum atomic E-state index is 0.857. The topological polar surface area (TPSA) is 29.9 Å². The summed E-state index contributed by atoms with van der Waals surface area (Å²) in [7, 11) is 0. The van der Waals surface area contributed by atoms with Gasteiger partial charge < -0.3 is 9.88 Å². The maximum atomic E-state index is 4.46. The maximum absolute atomic E-state index is 4.46. The van der Waals surface area contributed by atoms with Crippen LogP contribution in [0.5, 0.6) is 0 Å². The summed E-state index contributed by atoms with van der Waals surface area (Å²) in [5.74, 6) is 1.07. The predicted octanol–water partition coefficient (Wildman–Crippen LogP) is 1.29. The Kier molecular flexibility index (Phi) is 1.64. The number of rotatable bonds is 1. The summed E-state index contributed by atoms with van der Waals surface area (Å²) >= 11 is 0. The minimum Gasteiger partial charge on any atom is -0.373 e. The van der Waals surface area contributed by atoms with Gasteiger partial charge in [0.1, 0.15) is 5.82 Å². The Morgan fingerprint density at radius 1 is 1.67 bits per heavy atom. The monoisotopic (exact) mass is 163 g/mol. The third-order valence-corrected chi connectivity index (χ3v) is 2.24. The molecule has 64 valence electrons. The van der Waals surface area contributed by atoms with Crippen LogP contribution in [0.2, 0.25) is 0 Å². The summed E-state index contributed by atoms with van der Waals surface area (Å²) in [5.41, 5.74) is 2.49. The molecule has 0 fully saturated rings. The summed E-state index contributed by atoms with van der Waals surface area (Å²) in [6.45, 7) is 5.09. The van der Waals surface area contributed by atoms with Crippen LogP contribution in [0.1, 0.15) is 24.1 Å². The highest BCUT2D eigenvalue weighted by atomic mass is 15.2. The van der Waals surface area contributed by atoms with Crippen LogP contribution in [-0.4, -0.2) is 9.55 Å². The first-order valence-electron chi connectivity index (χ1n) is 4.29. The van der Waals surface area contributed by atoms with Gasteiger partial charge in [-0.05, 0) is 19.4 Å². The predicted molar refractivity (Wildman–Crippen MR) is 48.5 cm³/mol. The number of aryl methyl sites for hydroxylation is 1. The van der Waals surface area contributed by atoms with Gasteiger partial charge in [-0.1, -0.05) is 6.92 Å². The second-order valence-electron chi connectivity index (χ2n) is 2.98. The van der Waals surface area contributed by atoms with Gasteiger partial charge in [0.25, 0.3) is 0 Å². The van der Waals surface area contributed by atoms with Crippen molar-refractivity contribution in [2.45, 2.75) is 26.9 Å². The fourth-order valence-electron chi connectivity index (χ4n) is 1.66. The molecule has 0 saturated carbocycles. The highest BCUT2D eigenvalue weighted by Crippen LogP contribution is 2.14. The Bertz CT molecular complexity index is 323. The van der Waals surface area contributed by atoms with E-state index in [0.717, 1.165) is 24.6 Å². The fourth-order valence-corrected chi connectivity index (χ4v) is 1.66. The second-order valence-corrected chi connectivity index (χ2v) is 2.98. The molecule has 3 heteroatoms. The molecule has 0 bridgehead atoms. The molecule has 0 spiro atoms. The van der Waals surface area contributed by atoms with Crippen LogP contribution in [0.25, 0.3) is 6.08 Å². The summed E-state index contributed by atoms with van der Waals surface area (Å²) in [6, 6.07) is 0. The van der Waals surface area contributed by atoms with E-state index < -0.39 is 0 Å². The number of hydrogen-bond acceptors (Lipinski definition) is 2. The second kappa shape index (κ2) is 2.66. The molecule has 0 radical (unpaired) electrons. The molecule has 1 aliphatic rings. The summed E-state index contributed by atoms with van der Waals surface area (Å²) in [6.07, 6.45) is 5.01. The first kappa shape index (κ1) is 7.40. The zero-order valence-electron chi connectivity index (χ0n) is 7.46. The Hall–Kier alpha value is -1.25. The third kappa shape index (κ3) is 0.932. The van der Waals surface area contributed by atoms with Crippen molar-refractivity contribution >= 4 is 6.08 Å². The lowest BCUT2D eigenvalue weighted by Crippen LogP contribution is -2.19. The number of hydrogen-bond donors (Lipinski definition) is 1. The summed E-state index contributed by atoms with van der Waals surface area (Å²) in [4.78, 5) is 4.46. The van der Waals surface area contributed by atoms with E-state index in [1.54, 1.807) is 0 Å². The van der Waals surface area contributed by atoms with Gasteiger partial charge in [0, 0.05) is 11.9 Å². The van der Waals surface area contributed by atoms with E-state index in [0.29, 0.717) is 0 Å². The molecule has 1 N–H and O–H groups in total. The lowest BCUT2D eigenvalue weighted by atomic mass is 10.3. The molecule has 1 aromatic rings. The van der Waals surface area contributed by atoms with Gasteiger partial charge in [-0.3, -0.25) is 0 Å². The molecule has 0 amide bonds. The van der Waals surface area contributed by atoms with Crippen LogP contribution in [0.15, 0.2) is 6.20 Å². The van der Waals surface area contributed by atoms with E-state index in [2.05, 4.69) is 28.7 Å². The molecule has 12 heavy (non-hydrogen) atoms. The number of imidazole rings is 1. The molecule has 2 rings (SSSR count). The number of fused-ring (bicyclic) bond motifs is 1.